The summed E-state index contributed by atoms with van der Waals surface area (Å²) in [6, 6.07) is 21.4. The number of nitrogens with zero attached hydrogens (tertiary/aromatic N) is 1. The number of nitro benzene ring substituents is 1. The molecule has 12 heteroatoms. The Labute approximate surface area is 247 Å². The average Bonchev–Trinajstić information content (AvgIpc) is 2.97. The monoisotopic (exact) mass is 607 g/mol. The molecule has 0 aliphatic carbocycles. The van der Waals surface area contributed by atoms with E-state index in [-0.39, 0.29) is 36.7 Å². The van der Waals surface area contributed by atoms with E-state index < -0.39 is 31.4 Å². The Balaban J connectivity index is 0.000000403. The van der Waals surface area contributed by atoms with Gasteiger partial charge in [-0.25, -0.2) is 0 Å². The fourth-order valence-electron chi connectivity index (χ4n) is 4.81. The van der Waals surface area contributed by atoms with Crippen LogP contribution in [0.3, 0.4) is 0 Å². The van der Waals surface area contributed by atoms with E-state index in [0.29, 0.717) is 38.6 Å². The van der Waals surface area contributed by atoms with Crippen LogP contribution in [0.5, 0.6) is 28.7 Å². The van der Waals surface area contributed by atoms with Gasteiger partial charge in [0, 0.05) is 27.6 Å². The average molecular weight is 608 g/mol. The molecule has 0 amide bonds. The molecule has 0 saturated carbocycles. The van der Waals surface area contributed by atoms with Crippen LogP contribution in [0, 0.1) is 10.1 Å². The first-order valence-corrected chi connectivity index (χ1v) is 14.6. The van der Waals surface area contributed by atoms with Gasteiger partial charge in [0.05, 0.1) is 18.1 Å². The SMILES string of the molecule is CCOc1c2ccccc2c(OCC)c2c(Cc3ccccc3)c(S(=O)(=O)O)c([N+](=O)[O-])cc12.Oc1cccc(O)c1O. The number of nitro groups is 1. The van der Waals surface area contributed by atoms with Crippen LogP contribution in [-0.2, 0) is 16.5 Å². The summed E-state index contributed by atoms with van der Waals surface area (Å²) in [5.74, 6) is -0.333. The molecule has 0 bridgehead atoms. The Bertz CT molecular complexity index is 1890. The standard InChI is InChI=1S/C25H23NO7S.C6H6O3/c1-3-32-23-17-12-8-9-13-18(17)24(33-4-2)22-19(23)15-21(26(27)28)25(34(29,30)31)20(22)14-16-10-6-5-7-11-16;7-4-2-1-3-5(8)6(4)9/h5-13,15H,3-4,14H2,1-2H3,(H,29,30,31);1-3,7-9H. The lowest BCUT2D eigenvalue weighted by Gasteiger charge is -2.20. The van der Waals surface area contributed by atoms with Crippen molar-refractivity contribution >= 4 is 37.4 Å². The molecule has 0 aliphatic heterocycles. The highest BCUT2D eigenvalue weighted by Crippen LogP contribution is 2.48. The van der Waals surface area contributed by atoms with Crippen molar-refractivity contribution in [1.82, 2.24) is 0 Å². The van der Waals surface area contributed by atoms with Crippen LogP contribution >= 0.6 is 0 Å². The zero-order valence-electron chi connectivity index (χ0n) is 23.2. The summed E-state index contributed by atoms with van der Waals surface area (Å²) < 4.78 is 47.2. The largest absolute Gasteiger partial charge is 0.504 e. The van der Waals surface area contributed by atoms with Gasteiger partial charge in [-0.15, -0.1) is 0 Å². The molecule has 0 unspecified atom stereocenters. The Hall–Kier alpha value is -5.07. The fourth-order valence-corrected chi connectivity index (χ4v) is 5.69. The predicted molar refractivity (Wildman–Crippen MR) is 161 cm³/mol. The summed E-state index contributed by atoms with van der Waals surface area (Å²) in [4.78, 5) is 10.5. The van der Waals surface area contributed by atoms with Gasteiger partial charge >= 0.3 is 10.1 Å². The molecule has 5 aromatic carbocycles. The second-order valence-electron chi connectivity index (χ2n) is 9.24. The van der Waals surface area contributed by atoms with Crippen LogP contribution in [-0.4, -0.2) is 46.4 Å². The topological polar surface area (TPSA) is 177 Å². The minimum Gasteiger partial charge on any atom is -0.504 e. The predicted octanol–water partition coefficient (Wildman–Crippen LogP) is 6.34. The molecule has 43 heavy (non-hydrogen) atoms. The molecule has 0 fully saturated rings. The van der Waals surface area contributed by atoms with Gasteiger partial charge < -0.3 is 24.8 Å². The first-order chi connectivity index (χ1) is 20.5. The first-order valence-electron chi connectivity index (χ1n) is 13.1. The van der Waals surface area contributed by atoms with E-state index >= 15 is 0 Å². The Morgan fingerprint density at radius 3 is 1.81 bits per heavy atom. The van der Waals surface area contributed by atoms with Gasteiger partial charge in [0.25, 0.3) is 5.69 Å². The van der Waals surface area contributed by atoms with Gasteiger partial charge in [-0.3, -0.25) is 14.7 Å². The molecule has 0 heterocycles. The highest BCUT2D eigenvalue weighted by Gasteiger charge is 2.33. The number of fused-ring (bicyclic) bond motifs is 2. The first kappa shape index (κ1) is 30.9. The summed E-state index contributed by atoms with van der Waals surface area (Å²) in [6.45, 7) is 4.15. The lowest BCUT2D eigenvalue weighted by molar-refractivity contribution is -0.387. The van der Waals surface area contributed by atoms with Crippen molar-refractivity contribution in [3.63, 3.8) is 0 Å². The maximum Gasteiger partial charge on any atom is 0.301 e. The molecule has 5 aromatic rings. The van der Waals surface area contributed by atoms with Crippen LogP contribution in [0.25, 0.3) is 21.5 Å². The van der Waals surface area contributed by atoms with E-state index in [0.717, 1.165) is 6.07 Å². The van der Waals surface area contributed by atoms with Gasteiger partial charge in [0.2, 0.25) is 0 Å². The van der Waals surface area contributed by atoms with E-state index in [1.54, 1.807) is 38.1 Å². The van der Waals surface area contributed by atoms with Gasteiger partial charge in [0.15, 0.2) is 22.1 Å². The number of hydrogen-bond donors (Lipinski definition) is 4. The van der Waals surface area contributed by atoms with E-state index in [4.69, 9.17) is 24.8 Å². The summed E-state index contributed by atoms with van der Waals surface area (Å²) in [5, 5.41) is 40.2. The van der Waals surface area contributed by atoms with Crippen molar-refractivity contribution in [3.05, 3.63) is 100 Å². The van der Waals surface area contributed by atoms with Crippen LogP contribution in [0.4, 0.5) is 5.69 Å². The molecule has 11 nitrogen and oxygen atoms in total. The number of hydrogen-bond acceptors (Lipinski definition) is 9. The molecule has 0 saturated heterocycles. The molecular formula is C31H29NO10S. The minimum absolute atomic E-state index is 0.0120. The summed E-state index contributed by atoms with van der Waals surface area (Å²) in [7, 11) is -4.97. The van der Waals surface area contributed by atoms with Crippen LogP contribution in [0.1, 0.15) is 25.0 Å². The second-order valence-corrected chi connectivity index (χ2v) is 10.6. The number of phenolic OH excluding ortho intramolecular Hbond substituents is 3. The summed E-state index contributed by atoms with van der Waals surface area (Å²) in [6.07, 6.45) is 0.0120. The smallest absolute Gasteiger partial charge is 0.301 e. The summed E-state index contributed by atoms with van der Waals surface area (Å²) in [5.41, 5.74) is 0.0652. The van der Waals surface area contributed by atoms with E-state index in [1.807, 2.05) is 30.3 Å². The molecule has 224 valence electrons. The molecule has 5 rings (SSSR count). The molecule has 0 aliphatic rings. The fraction of sp³-hybridized carbons (Fsp3) is 0.161. The maximum atomic E-state index is 12.5. The van der Waals surface area contributed by atoms with Crippen LogP contribution in [0.2, 0.25) is 0 Å². The van der Waals surface area contributed by atoms with Gasteiger partial charge in [-0.05, 0) is 43.5 Å². The molecule has 0 atom stereocenters. The van der Waals surface area contributed by atoms with E-state index in [1.165, 1.54) is 18.2 Å². The Kier molecular flexibility index (Phi) is 9.22. The van der Waals surface area contributed by atoms with Crippen molar-refractivity contribution in [2.75, 3.05) is 13.2 Å². The van der Waals surface area contributed by atoms with Crippen molar-refractivity contribution in [2.24, 2.45) is 0 Å². The number of para-hydroxylation sites is 1. The van der Waals surface area contributed by atoms with Gasteiger partial charge in [-0.1, -0.05) is 60.7 Å². The molecule has 4 N–H and O–H groups in total. The lowest BCUT2D eigenvalue weighted by atomic mass is 9.93. The second kappa shape index (κ2) is 12.8. The van der Waals surface area contributed by atoms with Crippen molar-refractivity contribution < 1.29 is 42.7 Å². The third-order valence-electron chi connectivity index (χ3n) is 6.50. The highest BCUT2D eigenvalue weighted by molar-refractivity contribution is 7.86. The van der Waals surface area contributed by atoms with Gasteiger partial charge in [-0.2, -0.15) is 8.42 Å². The molecular weight excluding hydrogens is 578 g/mol. The van der Waals surface area contributed by atoms with E-state index in [9.17, 15) is 23.1 Å². The zero-order chi connectivity index (χ0) is 31.3. The molecule has 0 aromatic heterocycles. The maximum absolute atomic E-state index is 12.5. The summed E-state index contributed by atoms with van der Waals surface area (Å²) >= 11 is 0. The Morgan fingerprint density at radius 2 is 1.30 bits per heavy atom. The normalized spacial score (nSPS) is 11.1. The number of rotatable bonds is 8. The number of aromatic hydroxyl groups is 3. The lowest BCUT2D eigenvalue weighted by Crippen LogP contribution is -2.10. The third-order valence-corrected chi connectivity index (χ3v) is 7.47. The third kappa shape index (κ3) is 6.40. The highest BCUT2D eigenvalue weighted by atomic mass is 32.2. The zero-order valence-corrected chi connectivity index (χ0v) is 24.0. The van der Waals surface area contributed by atoms with Crippen molar-refractivity contribution in [1.29, 1.82) is 0 Å². The molecule has 0 radical (unpaired) electrons. The van der Waals surface area contributed by atoms with Crippen LogP contribution < -0.4 is 9.47 Å². The number of phenols is 3. The minimum atomic E-state index is -4.97. The van der Waals surface area contributed by atoms with Crippen molar-refractivity contribution in [3.8, 4) is 28.7 Å². The van der Waals surface area contributed by atoms with Crippen molar-refractivity contribution in [2.45, 2.75) is 25.2 Å². The van der Waals surface area contributed by atoms with Crippen LogP contribution in [0.15, 0.2) is 83.8 Å². The Morgan fingerprint density at radius 1 is 0.767 bits per heavy atom. The number of ether oxygens (including phenoxy) is 2. The number of benzene rings is 5. The molecule has 0 spiro atoms. The quantitative estimate of drug-likeness (QED) is 0.0512. The van der Waals surface area contributed by atoms with E-state index in [2.05, 4.69) is 0 Å². The van der Waals surface area contributed by atoms with Gasteiger partial charge in [0.1, 0.15) is 11.5 Å².